The Morgan fingerprint density at radius 2 is 1.92 bits per heavy atom. The number of hydrogen-bond acceptors (Lipinski definition) is 3. The number of para-hydroxylation sites is 1. The molecule has 0 spiro atoms. The molecule has 0 aliphatic carbocycles. The molecule has 0 atom stereocenters. The lowest BCUT2D eigenvalue weighted by Crippen LogP contribution is -2.33. The third-order valence-corrected chi connectivity index (χ3v) is 4.37. The molecule has 3 aromatic rings. The van der Waals surface area contributed by atoms with Gasteiger partial charge >= 0.3 is 0 Å². The highest BCUT2D eigenvalue weighted by atomic mass is 127. The van der Waals surface area contributed by atoms with Crippen molar-refractivity contribution in [2.75, 3.05) is 11.9 Å². The van der Waals surface area contributed by atoms with Gasteiger partial charge in [0.05, 0.1) is 17.7 Å². The number of nitrogens with zero attached hydrogens (tertiary/aromatic N) is 1. The van der Waals surface area contributed by atoms with Gasteiger partial charge < -0.3 is 10.6 Å². The second-order valence-electron chi connectivity index (χ2n) is 5.24. The maximum absolute atomic E-state index is 13.5. The van der Waals surface area contributed by atoms with Crippen LogP contribution in [0.15, 0.2) is 54.7 Å². The lowest BCUT2D eigenvalue weighted by molar-refractivity contribution is -0.115. The van der Waals surface area contributed by atoms with Gasteiger partial charge in [0.15, 0.2) is 0 Å². The molecule has 126 valence electrons. The van der Waals surface area contributed by atoms with E-state index in [9.17, 15) is 14.0 Å². The molecule has 0 unspecified atom stereocenters. The molecule has 0 saturated heterocycles. The van der Waals surface area contributed by atoms with Gasteiger partial charge in [-0.2, -0.15) is 0 Å². The van der Waals surface area contributed by atoms with Crippen molar-refractivity contribution in [3.05, 3.63) is 69.7 Å². The van der Waals surface area contributed by atoms with E-state index in [1.165, 1.54) is 12.1 Å². The zero-order chi connectivity index (χ0) is 17.8. The summed E-state index contributed by atoms with van der Waals surface area (Å²) in [7, 11) is 0. The molecule has 0 fully saturated rings. The van der Waals surface area contributed by atoms with Gasteiger partial charge in [-0.25, -0.2) is 4.39 Å². The lowest BCUT2D eigenvalue weighted by atomic mass is 10.2. The Bertz CT molecular complexity index is 957. The van der Waals surface area contributed by atoms with Crippen molar-refractivity contribution >= 4 is 51.0 Å². The Morgan fingerprint density at radius 1 is 1.12 bits per heavy atom. The summed E-state index contributed by atoms with van der Waals surface area (Å²) in [4.78, 5) is 28.3. The summed E-state index contributed by atoms with van der Waals surface area (Å²) in [6.07, 6.45) is 1.64. The van der Waals surface area contributed by atoms with Crippen LogP contribution in [0.2, 0.25) is 0 Å². The van der Waals surface area contributed by atoms with Gasteiger partial charge in [-0.1, -0.05) is 18.2 Å². The van der Waals surface area contributed by atoms with Crippen LogP contribution in [-0.4, -0.2) is 23.3 Å². The number of fused-ring (bicyclic) bond motifs is 1. The zero-order valence-corrected chi connectivity index (χ0v) is 15.1. The number of anilines is 1. The fourth-order valence-corrected chi connectivity index (χ4v) is 2.63. The first-order valence-corrected chi connectivity index (χ1v) is 8.49. The zero-order valence-electron chi connectivity index (χ0n) is 12.9. The molecule has 1 heterocycles. The van der Waals surface area contributed by atoms with Crippen molar-refractivity contribution in [2.24, 2.45) is 0 Å². The minimum atomic E-state index is -0.513. The molecule has 0 aliphatic rings. The first kappa shape index (κ1) is 17.3. The number of carbonyl (C=O) groups is 2. The fourth-order valence-electron chi connectivity index (χ4n) is 2.30. The largest absolute Gasteiger partial charge is 0.343 e. The summed E-state index contributed by atoms with van der Waals surface area (Å²) in [5.74, 6) is -1.38. The molecular formula is C18H13FIN3O2. The standard InChI is InChI=1S/C18H13FIN3O2/c19-13-9-12(6-7-14(13)20)18(25)22-10-16(24)23-15-5-1-3-11-4-2-8-21-17(11)15/h1-9H,10H2,(H,22,25)(H,23,24). The number of hydrogen-bond donors (Lipinski definition) is 2. The Balaban J connectivity index is 1.64. The van der Waals surface area contributed by atoms with Crippen LogP contribution in [-0.2, 0) is 4.79 Å². The van der Waals surface area contributed by atoms with Gasteiger partial charge in [-0.05, 0) is 52.9 Å². The van der Waals surface area contributed by atoms with Gasteiger partial charge in [0.25, 0.3) is 5.91 Å². The number of pyridine rings is 1. The fraction of sp³-hybridized carbons (Fsp3) is 0.0556. The number of nitrogens with one attached hydrogen (secondary N) is 2. The van der Waals surface area contributed by atoms with E-state index in [-0.39, 0.29) is 12.1 Å². The summed E-state index contributed by atoms with van der Waals surface area (Å²) < 4.78 is 13.9. The molecule has 2 aromatic carbocycles. The molecule has 5 nitrogen and oxygen atoms in total. The van der Waals surface area contributed by atoms with Gasteiger partial charge in [-0.3, -0.25) is 14.6 Å². The molecule has 0 saturated carbocycles. The molecule has 0 bridgehead atoms. The molecule has 2 amide bonds. The quantitative estimate of drug-likeness (QED) is 0.601. The van der Waals surface area contributed by atoms with Crippen LogP contribution in [0.5, 0.6) is 0 Å². The SMILES string of the molecule is O=C(CNC(=O)c1ccc(I)c(F)c1)Nc1cccc2cccnc12. The first-order chi connectivity index (χ1) is 12.0. The molecule has 25 heavy (non-hydrogen) atoms. The van der Waals surface area contributed by atoms with E-state index < -0.39 is 17.6 Å². The highest BCUT2D eigenvalue weighted by molar-refractivity contribution is 14.1. The van der Waals surface area contributed by atoms with Gasteiger partial charge in [0.2, 0.25) is 5.91 Å². The van der Waals surface area contributed by atoms with Crippen molar-refractivity contribution in [1.82, 2.24) is 10.3 Å². The predicted octanol–water partition coefficient (Wildman–Crippen LogP) is 3.35. The molecule has 2 N–H and O–H groups in total. The van der Waals surface area contributed by atoms with Crippen LogP contribution in [0.3, 0.4) is 0 Å². The second-order valence-corrected chi connectivity index (χ2v) is 6.40. The average Bonchev–Trinajstić information content (AvgIpc) is 2.62. The maximum atomic E-state index is 13.5. The Morgan fingerprint density at radius 3 is 2.72 bits per heavy atom. The predicted molar refractivity (Wildman–Crippen MR) is 102 cm³/mol. The second kappa shape index (κ2) is 7.56. The van der Waals surface area contributed by atoms with Crippen molar-refractivity contribution < 1.29 is 14.0 Å². The van der Waals surface area contributed by atoms with Gasteiger partial charge in [-0.15, -0.1) is 0 Å². The highest BCUT2D eigenvalue weighted by Crippen LogP contribution is 2.20. The van der Waals surface area contributed by atoms with E-state index in [1.807, 2.05) is 46.9 Å². The van der Waals surface area contributed by atoms with E-state index in [0.29, 0.717) is 14.8 Å². The van der Waals surface area contributed by atoms with E-state index in [1.54, 1.807) is 12.3 Å². The summed E-state index contributed by atoms with van der Waals surface area (Å²) in [6.45, 7) is -0.227. The van der Waals surface area contributed by atoms with Crippen LogP contribution in [0.4, 0.5) is 10.1 Å². The van der Waals surface area contributed by atoms with Crippen LogP contribution in [0.1, 0.15) is 10.4 Å². The Labute approximate surface area is 156 Å². The first-order valence-electron chi connectivity index (χ1n) is 7.41. The van der Waals surface area contributed by atoms with E-state index in [0.717, 1.165) is 11.5 Å². The van der Waals surface area contributed by atoms with Crippen molar-refractivity contribution in [1.29, 1.82) is 0 Å². The molecule has 1 aromatic heterocycles. The molecular weight excluding hydrogens is 436 g/mol. The van der Waals surface area contributed by atoms with Crippen LogP contribution < -0.4 is 10.6 Å². The van der Waals surface area contributed by atoms with E-state index in [4.69, 9.17) is 0 Å². The average molecular weight is 449 g/mol. The normalized spacial score (nSPS) is 10.5. The minimum Gasteiger partial charge on any atom is -0.343 e. The topological polar surface area (TPSA) is 71.1 Å². The number of rotatable bonds is 4. The molecule has 3 rings (SSSR count). The van der Waals surface area contributed by atoms with Crippen molar-refractivity contribution in [3.8, 4) is 0 Å². The summed E-state index contributed by atoms with van der Waals surface area (Å²) >= 11 is 1.84. The summed E-state index contributed by atoms with van der Waals surface area (Å²) in [6, 6.07) is 13.3. The number of aromatic nitrogens is 1. The molecule has 7 heteroatoms. The van der Waals surface area contributed by atoms with Crippen molar-refractivity contribution in [2.45, 2.75) is 0 Å². The van der Waals surface area contributed by atoms with Crippen molar-refractivity contribution in [3.63, 3.8) is 0 Å². The number of benzene rings is 2. The van der Waals surface area contributed by atoms with Crippen LogP contribution in [0, 0.1) is 9.39 Å². The lowest BCUT2D eigenvalue weighted by Gasteiger charge is -2.09. The third-order valence-electron chi connectivity index (χ3n) is 3.50. The van der Waals surface area contributed by atoms with Crippen LogP contribution in [0.25, 0.3) is 10.9 Å². The maximum Gasteiger partial charge on any atom is 0.251 e. The van der Waals surface area contributed by atoms with Crippen LogP contribution >= 0.6 is 22.6 Å². The smallest absolute Gasteiger partial charge is 0.251 e. The summed E-state index contributed by atoms with van der Waals surface area (Å²) in [5.41, 5.74) is 1.40. The molecule has 0 aliphatic heterocycles. The third kappa shape index (κ3) is 4.11. The molecule has 0 radical (unpaired) electrons. The monoisotopic (exact) mass is 449 g/mol. The van der Waals surface area contributed by atoms with E-state index in [2.05, 4.69) is 15.6 Å². The Kier molecular flexibility index (Phi) is 5.22. The summed E-state index contributed by atoms with van der Waals surface area (Å²) in [5, 5.41) is 6.10. The van der Waals surface area contributed by atoms with E-state index >= 15 is 0 Å². The highest BCUT2D eigenvalue weighted by Gasteiger charge is 2.11. The van der Waals surface area contributed by atoms with Gasteiger partial charge in [0.1, 0.15) is 5.82 Å². The number of amides is 2. The number of halogens is 2. The minimum absolute atomic E-state index is 0.164. The Hall–Kier alpha value is -2.55. The van der Waals surface area contributed by atoms with Gasteiger partial charge in [0, 0.05) is 20.7 Å². The number of carbonyl (C=O) groups excluding carboxylic acids is 2.